The molecule has 0 aliphatic carbocycles. The number of rotatable bonds is 10. The lowest BCUT2D eigenvalue weighted by Gasteiger charge is -2.27. The van der Waals surface area contributed by atoms with Crippen molar-refractivity contribution in [2.45, 2.75) is 39.8 Å². The maximum Gasteiger partial charge on any atom is 0.191 e. The van der Waals surface area contributed by atoms with E-state index in [1.165, 1.54) is 11.1 Å². The van der Waals surface area contributed by atoms with Gasteiger partial charge in [-0.1, -0.05) is 38.1 Å². The Morgan fingerprint density at radius 1 is 1.26 bits per heavy atom. The van der Waals surface area contributed by atoms with Gasteiger partial charge in [-0.3, -0.25) is 9.89 Å². The molecule has 0 bridgehead atoms. The van der Waals surface area contributed by atoms with E-state index in [1.807, 2.05) is 0 Å². The van der Waals surface area contributed by atoms with Crippen molar-refractivity contribution >= 4 is 5.96 Å². The highest BCUT2D eigenvalue weighted by Gasteiger charge is 2.34. The summed E-state index contributed by atoms with van der Waals surface area (Å²) in [5, 5.41) is 16.2. The van der Waals surface area contributed by atoms with Gasteiger partial charge < -0.3 is 20.5 Å². The minimum Gasteiger partial charge on any atom is -0.396 e. The average Bonchev–Trinajstić information content (AvgIpc) is 3.15. The number of guanidine groups is 1. The SMILES string of the molecule is CCN(CC)Cc1cccc(CNC(=NC)NCC2(CCO)CCOC2)c1. The molecule has 152 valence electrons. The summed E-state index contributed by atoms with van der Waals surface area (Å²) >= 11 is 0. The van der Waals surface area contributed by atoms with Crippen molar-refractivity contribution in [2.75, 3.05) is 46.5 Å². The van der Waals surface area contributed by atoms with Gasteiger partial charge in [0.25, 0.3) is 0 Å². The summed E-state index contributed by atoms with van der Waals surface area (Å²) in [5.74, 6) is 0.786. The first-order chi connectivity index (χ1) is 13.1. The number of aliphatic hydroxyl groups is 1. The Labute approximate surface area is 164 Å². The van der Waals surface area contributed by atoms with Crippen LogP contribution in [0.5, 0.6) is 0 Å². The van der Waals surface area contributed by atoms with E-state index in [2.05, 4.69) is 58.6 Å². The van der Waals surface area contributed by atoms with Gasteiger partial charge in [0.05, 0.1) is 6.61 Å². The van der Waals surface area contributed by atoms with Gasteiger partial charge in [-0.05, 0) is 37.1 Å². The van der Waals surface area contributed by atoms with Crippen LogP contribution in [-0.4, -0.2) is 62.5 Å². The average molecular weight is 377 g/mol. The molecule has 1 saturated heterocycles. The molecule has 6 nitrogen and oxygen atoms in total. The van der Waals surface area contributed by atoms with Crippen LogP contribution in [0, 0.1) is 5.41 Å². The molecule has 1 atom stereocenters. The van der Waals surface area contributed by atoms with E-state index in [0.29, 0.717) is 6.61 Å². The van der Waals surface area contributed by atoms with Gasteiger partial charge in [-0.15, -0.1) is 0 Å². The summed E-state index contributed by atoms with van der Waals surface area (Å²) in [6.07, 6.45) is 1.73. The maximum absolute atomic E-state index is 9.36. The molecular formula is C21H36N4O2. The lowest BCUT2D eigenvalue weighted by Crippen LogP contribution is -2.44. The Morgan fingerprint density at radius 3 is 2.67 bits per heavy atom. The van der Waals surface area contributed by atoms with Crippen molar-refractivity contribution in [2.24, 2.45) is 10.4 Å². The molecule has 0 aromatic heterocycles. The molecule has 0 radical (unpaired) electrons. The van der Waals surface area contributed by atoms with Crippen molar-refractivity contribution in [3.05, 3.63) is 35.4 Å². The minimum atomic E-state index is 0.00997. The van der Waals surface area contributed by atoms with Crippen LogP contribution in [0.4, 0.5) is 0 Å². The van der Waals surface area contributed by atoms with Gasteiger partial charge in [-0.25, -0.2) is 0 Å². The number of hydrogen-bond donors (Lipinski definition) is 3. The van der Waals surface area contributed by atoms with Gasteiger partial charge in [-0.2, -0.15) is 0 Å². The Bertz CT molecular complexity index is 581. The number of nitrogens with one attached hydrogen (secondary N) is 2. The number of ether oxygens (including phenoxy) is 1. The first kappa shape index (κ1) is 21.7. The quantitative estimate of drug-likeness (QED) is 0.430. The third kappa shape index (κ3) is 6.79. The molecule has 0 amide bonds. The topological polar surface area (TPSA) is 69.1 Å². The monoisotopic (exact) mass is 376 g/mol. The van der Waals surface area contributed by atoms with E-state index in [9.17, 15) is 5.11 Å². The Kier molecular flexibility index (Phi) is 9.04. The van der Waals surface area contributed by atoms with Gasteiger partial charge >= 0.3 is 0 Å². The molecule has 2 rings (SSSR count). The molecule has 27 heavy (non-hydrogen) atoms. The highest BCUT2D eigenvalue weighted by atomic mass is 16.5. The third-order valence-corrected chi connectivity index (χ3v) is 5.43. The predicted octanol–water partition coefficient (Wildman–Crippen LogP) is 1.98. The minimum absolute atomic E-state index is 0.00997. The molecular weight excluding hydrogens is 340 g/mol. The number of benzene rings is 1. The molecule has 1 unspecified atom stereocenters. The summed E-state index contributed by atoms with van der Waals surface area (Å²) < 4.78 is 5.56. The van der Waals surface area contributed by atoms with E-state index in [1.54, 1.807) is 7.05 Å². The fourth-order valence-corrected chi connectivity index (χ4v) is 3.53. The summed E-state index contributed by atoms with van der Waals surface area (Å²) in [7, 11) is 1.79. The molecule has 0 saturated carbocycles. The number of hydrogen-bond acceptors (Lipinski definition) is 4. The van der Waals surface area contributed by atoms with Crippen LogP contribution in [0.3, 0.4) is 0 Å². The first-order valence-corrected chi connectivity index (χ1v) is 10.1. The van der Waals surface area contributed by atoms with Crippen molar-refractivity contribution in [3.8, 4) is 0 Å². The zero-order chi connectivity index (χ0) is 19.5. The Morgan fingerprint density at radius 2 is 2.04 bits per heavy atom. The molecule has 1 fully saturated rings. The smallest absolute Gasteiger partial charge is 0.191 e. The Balaban J connectivity index is 1.86. The van der Waals surface area contributed by atoms with Gasteiger partial charge in [0.2, 0.25) is 0 Å². The molecule has 6 heteroatoms. The van der Waals surface area contributed by atoms with Crippen LogP contribution in [-0.2, 0) is 17.8 Å². The van der Waals surface area contributed by atoms with Crippen molar-refractivity contribution in [1.29, 1.82) is 0 Å². The molecule has 1 aliphatic rings. The van der Waals surface area contributed by atoms with Crippen molar-refractivity contribution < 1.29 is 9.84 Å². The highest BCUT2D eigenvalue weighted by molar-refractivity contribution is 5.79. The summed E-state index contributed by atoms with van der Waals surface area (Å²) in [5.41, 5.74) is 2.60. The summed E-state index contributed by atoms with van der Waals surface area (Å²) in [6.45, 7) is 10.7. The number of nitrogens with zero attached hydrogens (tertiary/aromatic N) is 2. The number of aliphatic hydroxyl groups excluding tert-OH is 1. The standard InChI is InChI=1S/C21H36N4O2/c1-4-25(5-2)15-19-8-6-7-18(13-19)14-23-20(22-3)24-16-21(9-11-26)10-12-27-17-21/h6-8,13,26H,4-5,9-12,14-17H2,1-3H3,(H2,22,23,24). The summed E-state index contributed by atoms with van der Waals surface area (Å²) in [4.78, 5) is 6.75. The van der Waals surface area contributed by atoms with E-state index in [0.717, 1.165) is 58.1 Å². The Hall–Kier alpha value is -1.63. The second-order valence-corrected chi connectivity index (χ2v) is 7.34. The van der Waals surface area contributed by atoms with Gasteiger partial charge in [0, 0.05) is 45.3 Å². The fourth-order valence-electron chi connectivity index (χ4n) is 3.53. The first-order valence-electron chi connectivity index (χ1n) is 10.1. The summed E-state index contributed by atoms with van der Waals surface area (Å²) in [6, 6.07) is 8.71. The van der Waals surface area contributed by atoms with E-state index >= 15 is 0 Å². The zero-order valence-corrected chi connectivity index (χ0v) is 17.1. The molecule has 1 aromatic rings. The predicted molar refractivity (Wildman–Crippen MR) is 111 cm³/mol. The fraction of sp³-hybridized carbons (Fsp3) is 0.667. The lowest BCUT2D eigenvalue weighted by molar-refractivity contribution is 0.127. The van der Waals surface area contributed by atoms with Gasteiger partial charge in [0.15, 0.2) is 5.96 Å². The van der Waals surface area contributed by atoms with E-state index in [4.69, 9.17) is 4.74 Å². The van der Waals surface area contributed by atoms with Crippen LogP contribution in [0.15, 0.2) is 29.3 Å². The normalized spacial score (nSPS) is 20.3. The van der Waals surface area contributed by atoms with Gasteiger partial charge in [0.1, 0.15) is 0 Å². The number of aliphatic imine (C=N–C) groups is 1. The third-order valence-electron chi connectivity index (χ3n) is 5.43. The van der Waals surface area contributed by atoms with Crippen LogP contribution in [0.1, 0.15) is 37.8 Å². The lowest BCUT2D eigenvalue weighted by atomic mass is 9.84. The molecule has 1 aliphatic heterocycles. The van der Waals surface area contributed by atoms with Crippen LogP contribution < -0.4 is 10.6 Å². The molecule has 0 spiro atoms. The van der Waals surface area contributed by atoms with E-state index in [-0.39, 0.29) is 12.0 Å². The van der Waals surface area contributed by atoms with Crippen molar-refractivity contribution in [1.82, 2.24) is 15.5 Å². The molecule has 3 N–H and O–H groups in total. The van der Waals surface area contributed by atoms with Crippen LogP contribution >= 0.6 is 0 Å². The highest BCUT2D eigenvalue weighted by Crippen LogP contribution is 2.31. The molecule has 1 aromatic carbocycles. The zero-order valence-electron chi connectivity index (χ0n) is 17.1. The van der Waals surface area contributed by atoms with E-state index < -0.39 is 0 Å². The second-order valence-electron chi connectivity index (χ2n) is 7.34. The maximum atomic E-state index is 9.36. The van der Waals surface area contributed by atoms with Crippen LogP contribution in [0.2, 0.25) is 0 Å². The van der Waals surface area contributed by atoms with Crippen molar-refractivity contribution in [3.63, 3.8) is 0 Å². The van der Waals surface area contributed by atoms with Crippen LogP contribution in [0.25, 0.3) is 0 Å². The largest absolute Gasteiger partial charge is 0.396 e. The second kappa shape index (κ2) is 11.3. The molecule has 1 heterocycles.